The molecule has 0 fully saturated rings. The number of hydrogen-bond acceptors (Lipinski definition) is 2. The van der Waals surface area contributed by atoms with E-state index in [0.717, 1.165) is 30.2 Å². The number of para-hydroxylation sites is 1. The van der Waals surface area contributed by atoms with Crippen molar-refractivity contribution in [2.75, 3.05) is 0 Å². The Morgan fingerprint density at radius 1 is 1.28 bits per heavy atom. The molecule has 1 N–H and O–H groups in total. The van der Waals surface area contributed by atoms with Crippen molar-refractivity contribution < 1.29 is 9.52 Å². The lowest BCUT2D eigenvalue weighted by atomic mass is 9.97. The summed E-state index contributed by atoms with van der Waals surface area (Å²) in [5.41, 5.74) is 2.18. The zero-order valence-electron chi connectivity index (χ0n) is 11.4. The Hall–Kier alpha value is -1.28. The van der Waals surface area contributed by atoms with Gasteiger partial charge in [0.05, 0.1) is 0 Å². The number of aliphatic hydroxyl groups is 1. The highest BCUT2D eigenvalue weighted by atomic mass is 16.4. The van der Waals surface area contributed by atoms with Crippen LogP contribution in [0.5, 0.6) is 0 Å². The SMILES string of the molecule is CCCC(O)c1cc2cccc(C(C)CC)c2o1. The lowest BCUT2D eigenvalue weighted by molar-refractivity contribution is 0.141. The van der Waals surface area contributed by atoms with E-state index in [0.29, 0.717) is 11.7 Å². The highest BCUT2D eigenvalue weighted by Crippen LogP contribution is 2.32. The number of rotatable bonds is 5. The van der Waals surface area contributed by atoms with E-state index < -0.39 is 6.10 Å². The van der Waals surface area contributed by atoms with Gasteiger partial charge in [0.1, 0.15) is 17.4 Å². The maximum atomic E-state index is 10.0. The third-order valence-electron chi connectivity index (χ3n) is 3.63. The van der Waals surface area contributed by atoms with Crippen LogP contribution in [0.1, 0.15) is 63.4 Å². The number of benzene rings is 1. The second-order valence-corrected chi connectivity index (χ2v) is 5.03. The van der Waals surface area contributed by atoms with Gasteiger partial charge in [-0.15, -0.1) is 0 Å². The fourth-order valence-electron chi connectivity index (χ4n) is 2.29. The first-order chi connectivity index (χ1) is 8.67. The molecule has 18 heavy (non-hydrogen) atoms. The van der Waals surface area contributed by atoms with E-state index in [1.165, 1.54) is 5.56 Å². The highest BCUT2D eigenvalue weighted by molar-refractivity contribution is 5.81. The van der Waals surface area contributed by atoms with Gasteiger partial charge in [0.2, 0.25) is 0 Å². The fraction of sp³-hybridized carbons (Fsp3) is 0.500. The molecule has 0 bridgehead atoms. The maximum absolute atomic E-state index is 10.0. The van der Waals surface area contributed by atoms with Crippen molar-refractivity contribution in [1.82, 2.24) is 0 Å². The van der Waals surface area contributed by atoms with E-state index in [9.17, 15) is 5.11 Å². The van der Waals surface area contributed by atoms with E-state index in [2.05, 4.69) is 32.9 Å². The van der Waals surface area contributed by atoms with Gasteiger partial charge in [-0.25, -0.2) is 0 Å². The first kappa shape index (κ1) is 13.2. The smallest absolute Gasteiger partial charge is 0.137 e. The van der Waals surface area contributed by atoms with Crippen LogP contribution in [0.25, 0.3) is 11.0 Å². The minimum atomic E-state index is -0.479. The predicted molar refractivity (Wildman–Crippen MR) is 74.8 cm³/mol. The van der Waals surface area contributed by atoms with E-state index in [1.807, 2.05) is 12.1 Å². The largest absolute Gasteiger partial charge is 0.458 e. The summed E-state index contributed by atoms with van der Waals surface area (Å²) in [5, 5.41) is 11.1. The van der Waals surface area contributed by atoms with Crippen molar-refractivity contribution in [3.63, 3.8) is 0 Å². The van der Waals surface area contributed by atoms with Crippen LogP contribution < -0.4 is 0 Å². The average molecular weight is 246 g/mol. The molecule has 2 heteroatoms. The Balaban J connectivity index is 2.44. The topological polar surface area (TPSA) is 33.4 Å². The second kappa shape index (κ2) is 5.57. The molecule has 0 radical (unpaired) electrons. The molecule has 0 aliphatic rings. The van der Waals surface area contributed by atoms with E-state index in [1.54, 1.807) is 0 Å². The van der Waals surface area contributed by atoms with Crippen LogP contribution in [-0.4, -0.2) is 5.11 Å². The predicted octanol–water partition coefficient (Wildman–Crippen LogP) is 4.78. The molecule has 2 nitrogen and oxygen atoms in total. The van der Waals surface area contributed by atoms with Crippen LogP contribution in [-0.2, 0) is 0 Å². The monoisotopic (exact) mass is 246 g/mol. The lowest BCUT2D eigenvalue weighted by Gasteiger charge is -2.09. The molecular weight excluding hydrogens is 224 g/mol. The van der Waals surface area contributed by atoms with Crippen LogP contribution in [0.15, 0.2) is 28.7 Å². The molecular formula is C16H22O2. The summed E-state index contributed by atoms with van der Waals surface area (Å²) in [5.74, 6) is 1.18. The van der Waals surface area contributed by atoms with E-state index in [4.69, 9.17) is 4.42 Å². The van der Waals surface area contributed by atoms with Gasteiger partial charge in [0, 0.05) is 5.39 Å². The van der Waals surface area contributed by atoms with Gasteiger partial charge in [-0.05, 0) is 30.4 Å². The number of hydrogen-bond donors (Lipinski definition) is 1. The summed E-state index contributed by atoms with van der Waals surface area (Å²) in [6.45, 7) is 6.45. The number of fused-ring (bicyclic) bond motifs is 1. The van der Waals surface area contributed by atoms with Crippen molar-refractivity contribution >= 4 is 11.0 Å². The Kier molecular flexibility index (Phi) is 4.07. The van der Waals surface area contributed by atoms with Crippen LogP contribution in [0.2, 0.25) is 0 Å². The maximum Gasteiger partial charge on any atom is 0.137 e. The Morgan fingerprint density at radius 3 is 2.72 bits per heavy atom. The van der Waals surface area contributed by atoms with Crippen molar-refractivity contribution in [3.05, 3.63) is 35.6 Å². The van der Waals surface area contributed by atoms with Crippen LogP contribution in [0, 0.1) is 0 Å². The average Bonchev–Trinajstić information content (AvgIpc) is 2.81. The Labute approximate surface area is 109 Å². The van der Waals surface area contributed by atoms with Gasteiger partial charge in [-0.2, -0.15) is 0 Å². The summed E-state index contributed by atoms with van der Waals surface area (Å²) >= 11 is 0. The molecule has 1 aromatic heterocycles. The lowest BCUT2D eigenvalue weighted by Crippen LogP contribution is -1.93. The summed E-state index contributed by atoms with van der Waals surface area (Å²) in [6.07, 6.45) is 2.31. The van der Waals surface area contributed by atoms with Gasteiger partial charge in [0.15, 0.2) is 0 Å². The normalized spacial score (nSPS) is 14.9. The summed E-state index contributed by atoms with van der Waals surface area (Å²) in [6, 6.07) is 8.21. The highest BCUT2D eigenvalue weighted by Gasteiger charge is 2.16. The van der Waals surface area contributed by atoms with Crippen LogP contribution in [0.3, 0.4) is 0 Å². The van der Waals surface area contributed by atoms with Crippen molar-refractivity contribution in [1.29, 1.82) is 0 Å². The first-order valence-electron chi connectivity index (χ1n) is 6.87. The molecule has 2 unspecified atom stereocenters. The Bertz CT molecular complexity index is 513. The second-order valence-electron chi connectivity index (χ2n) is 5.03. The molecule has 1 aromatic carbocycles. The first-order valence-corrected chi connectivity index (χ1v) is 6.87. The summed E-state index contributed by atoms with van der Waals surface area (Å²) in [7, 11) is 0. The molecule has 0 spiro atoms. The molecule has 0 aliphatic carbocycles. The molecule has 0 aliphatic heterocycles. The van der Waals surface area contributed by atoms with Crippen molar-refractivity contribution in [2.24, 2.45) is 0 Å². The molecule has 98 valence electrons. The fourth-order valence-corrected chi connectivity index (χ4v) is 2.29. The zero-order chi connectivity index (χ0) is 13.1. The van der Waals surface area contributed by atoms with Crippen LogP contribution >= 0.6 is 0 Å². The van der Waals surface area contributed by atoms with E-state index in [-0.39, 0.29) is 0 Å². The standard InChI is InChI=1S/C16H22O2/c1-4-7-14(17)15-10-12-8-6-9-13(11(3)5-2)16(12)18-15/h6,8-11,14,17H,4-5,7H2,1-3H3. The van der Waals surface area contributed by atoms with E-state index >= 15 is 0 Å². The molecule has 0 amide bonds. The molecule has 2 aromatic rings. The summed E-state index contributed by atoms with van der Waals surface area (Å²) < 4.78 is 5.89. The molecule has 1 heterocycles. The van der Waals surface area contributed by atoms with Gasteiger partial charge in [-0.3, -0.25) is 0 Å². The van der Waals surface area contributed by atoms with Crippen molar-refractivity contribution in [3.8, 4) is 0 Å². The molecule has 2 rings (SSSR count). The molecule has 0 saturated carbocycles. The third kappa shape index (κ3) is 2.44. The molecule has 0 saturated heterocycles. The zero-order valence-corrected chi connectivity index (χ0v) is 11.4. The van der Waals surface area contributed by atoms with Gasteiger partial charge in [0.25, 0.3) is 0 Å². The van der Waals surface area contributed by atoms with Crippen LogP contribution in [0.4, 0.5) is 0 Å². The van der Waals surface area contributed by atoms with Gasteiger partial charge < -0.3 is 9.52 Å². The minimum Gasteiger partial charge on any atom is -0.458 e. The van der Waals surface area contributed by atoms with Gasteiger partial charge >= 0.3 is 0 Å². The quantitative estimate of drug-likeness (QED) is 0.823. The van der Waals surface area contributed by atoms with Gasteiger partial charge in [-0.1, -0.05) is 45.4 Å². The number of furan rings is 1. The third-order valence-corrected chi connectivity index (χ3v) is 3.63. The number of aliphatic hydroxyl groups excluding tert-OH is 1. The summed E-state index contributed by atoms with van der Waals surface area (Å²) in [4.78, 5) is 0. The Morgan fingerprint density at radius 2 is 2.06 bits per heavy atom. The van der Waals surface area contributed by atoms with Crippen molar-refractivity contribution in [2.45, 2.75) is 52.1 Å². The minimum absolute atomic E-state index is 0.479. The molecule has 2 atom stereocenters.